The van der Waals surface area contributed by atoms with Gasteiger partial charge in [0, 0.05) is 24.5 Å². The molecule has 0 aliphatic carbocycles. The Morgan fingerprint density at radius 1 is 1.28 bits per heavy atom. The number of para-hydroxylation sites is 1. The van der Waals surface area contributed by atoms with E-state index < -0.39 is 0 Å². The van der Waals surface area contributed by atoms with Crippen molar-refractivity contribution in [2.75, 3.05) is 29.5 Å². The summed E-state index contributed by atoms with van der Waals surface area (Å²) in [5.41, 5.74) is 9.33. The molecule has 1 saturated heterocycles. The first-order valence-corrected chi connectivity index (χ1v) is 8.15. The average molecular weight is 262 g/mol. The molecule has 0 radical (unpaired) electrons. The topological polar surface area (TPSA) is 29.3 Å². The van der Waals surface area contributed by atoms with Crippen LogP contribution in [0.3, 0.4) is 0 Å². The van der Waals surface area contributed by atoms with Crippen LogP contribution in [0.4, 0.5) is 5.69 Å². The largest absolute Gasteiger partial charge is 0.364 e. The molecule has 1 aromatic carbocycles. The van der Waals surface area contributed by atoms with Gasteiger partial charge in [-0.1, -0.05) is 18.2 Å². The number of thioether (sulfide) groups is 1. The van der Waals surface area contributed by atoms with Gasteiger partial charge in [0.1, 0.15) is 0 Å². The lowest BCUT2D eigenvalue weighted by molar-refractivity contribution is 0.386. The third-order valence-corrected chi connectivity index (χ3v) is 5.68. The van der Waals surface area contributed by atoms with Crippen LogP contribution >= 0.6 is 11.8 Å². The summed E-state index contributed by atoms with van der Waals surface area (Å²) >= 11 is 2.07. The average Bonchev–Trinajstić information content (AvgIpc) is 2.47. The zero-order chi connectivity index (χ0) is 12.4. The highest BCUT2D eigenvalue weighted by molar-refractivity contribution is 7.99. The van der Waals surface area contributed by atoms with Gasteiger partial charge in [-0.3, -0.25) is 0 Å². The van der Waals surface area contributed by atoms with E-state index in [2.05, 4.69) is 40.9 Å². The normalized spacial score (nSPS) is 27.9. The van der Waals surface area contributed by atoms with Gasteiger partial charge >= 0.3 is 0 Å². The van der Waals surface area contributed by atoms with Gasteiger partial charge in [-0.15, -0.1) is 0 Å². The Kier molecular flexibility index (Phi) is 3.53. The Morgan fingerprint density at radius 3 is 2.94 bits per heavy atom. The number of anilines is 1. The van der Waals surface area contributed by atoms with Gasteiger partial charge in [0.15, 0.2) is 0 Å². The number of hydrogen-bond acceptors (Lipinski definition) is 3. The molecule has 1 unspecified atom stereocenters. The lowest BCUT2D eigenvalue weighted by Crippen LogP contribution is -2.58. The minimum atomic E-state index is 0.208. The van der Waals surface area contributed by atoms with Gasteiger partial charge < -0.3 is 10.6 Å². The zero-order valence-corrected chi connectivity index (χ0v) is 11.7. The first-order chi connectivity index (χ1) is 8.86. The molecule has 2 N–H and O–H groups in total. The molecule has 0 saturated carbocycles. The van der Waals surface area contributed by atoms with Crippen LogP contribution in [0.5, 0.6) is 0 Å². The molecule has 2 nitrogen and oxygen atoms in total. The quantitative estimate of drug-likeness (QED) is 0.888. The smallest absolute Gasteiger partial charge is 0.0614 e. The van der Waals surface area contributed by atoms with E-state index in [0.717, 1.165) is 6.54 Å². The standard InChI is InChI=1S/C15H22N2S/c16-11-15(8-4-10-18-12-15)17-9-3-6-13-5-1-2-7-14(13)17/h1-2,5,7H,3-4,6,8-12,16H2. The number of benzene rings is 1. The summed E-state index contributed by atoms with van der Waals surface area (Å²) in [6, 6.07) is 8.89. The predicted molar refractivity (Wildman–Crippen MR) is 80.5 cm³/mol. The Morgan fingerprint density at radius 2 is 2.17 bits per heavy atom. The Balaban J connectivity index is 1.96. The van der Waals surface area contributed by atoms with Crippen molar-refractivity contribution >= 4 is 17.4 Å². The van der Waals surface area contributed by atoms with Crippen molar-refractivity contribution in [1.82, 2.24) is 0 Å². The summed E-state index contributed by atoms with van der Waals surface area (Å²) in [6.45, 7) is 1.96. The molecule has 3 rings (SSSR count). The van der Waals surface area contributed by atoms with Crippen LogP contribution in [0.1, 0.15) is 24.8 Å². The van der Waals surface area contributed by atoms with E-state index in [0.29, 0.717) is 0 Å². The minimum absolute atomic E-state index is 0.208. The number of rotatable bonds is 2. The molecule has 1 fully saturated rings. The molecule has 1 aromatic rings. The number of hydrogen-bond donors (Lipinski definition) is 1. The van der Waals surface area contributed by atoms with Gasteiger partial charge in [-0.05, 0) is 43.1 Å². The summed E-state index contributed by atoms with van der Waals surface area (Å²) in [5, 5.41) is 0. The molecular formula is C15H22N2S. The molecule has 98 valence electrons. The van der Waals surface area contributed by atoms with Crippen LogP contribution in [-0.4, -0.2) is 30.1 Å². The van der Waals surface area contributed by atoms with Crippen molar-refractivity contribution < 1.29 is 0 Å². The van der Waals surface area contributed by atoms with E-state index in [4.69, 9.17) is 5.73 Å². The van der Waals surface area contributed by atoms with Gasteiger partial charge in [0.2, 0.25) is 0 Å². The van der Waals surface area contributed by atoms with Gasteiger partial charge in [0.05, 0.1) is 5.54 Å². The molecular weight excluding hydrogens is 240 g/mol. The maximum atomic E-state index is 6.17. The summed E-state index contributed by atoms with van der Waals surface area (Å²) in [4.78, 5) is 2.62. The van der Waals surface area contributed by atoms with E-state index in [1.54, 1.807) is 0 Å². The van der Waals surface area contributed by atoms with E-state index in [-0.39, 0.29) is 5.54 Å². The second-order valence-electron chi connectivity index (χ2n) is 5.47. The number of nitrogens with two attached hydrogens (primary N) is 1. The van der Waals surface area contributed by atoms with Crippen LogP contribution < -0.4 is 10.6 Å². The number of fused-ring (bicyclic) bond motifs is 1. The maximum absolute atomic E-state index is 6.17. The fraction of sp³-hybridized carbons (Fsp3) is 0.600. The fourth-order valence-corrected chi connectivity index (χ4v) is 4.64. The van der Waals surface area contributed by atoms with E-state index in [9.17, 15) is 0 Å². The highest BCUT2D eigenvalue weighted by Gasteiger charge is 2.38. The Hall–Kier alpha value is -0.670. The molecule has 0 bridgehead atoms. The first-order valence-electron chi connectivity index (χ1n) is 6.99. The van der Waals surface area contributed by atoms with Crippen LogP contribution in [0, 0.1) is 0 Å². The molecule has 2 aliphatic rings. The second kappa shape index (κ2) is 5.14. The summed E-state index contributed by atoms with van der Waals surface area (Å²) in [7, 11) is 0. The van der Waals surface area contributed by atoms with E-state index >= 15 is 0 Å². The van der Waals surface area contributed by atoms with Crippen molar-refractivity contribution in [1.29, 1.82) is 0 Å². The van der Waals surface area contributed by atoms with Crippen LogP contribution in [0.15, 0.2) is 24.3 Å². The van der Waals surface area contributed by atoms with Crippen molar-refractivity contribution in [3.8, 4) is 0 Å². The molecule has 2 heterocycles. The summed E-state index contributed by atoms with van der Waals surface area (Å²) < 4.78 is 0. The monoisotopic (exact) mass is 262 g/mol. The molecule has 1 atom stereocenters. The fourth-order valence-electron chi connectivity index (χ4n) is 3.35. The van der Waals surface area contributed by atoms with Crippen molar-refractivity contribution in [3.05, 3.63) is 29.8 Å². The van der Waals surface area contributed by atoms with Crippen molar-refractivity contribution in [2.45, 2.75) is 31.2 Å². The number of aryl methyl sites for hydroxylation is 1. The van der Waals surface area contributed by atoms with Crippen molar-refractivity contribution in [3.63, 3.8) is 0 Å². The minimum Gasteiger partial charge on any atom is -0.364 e. The van der Waals surface area contributed by atoms with Gasteiger partial charge in [0.25, 0.3) is 0 Å². The second-order valence-corrected chi connectivity index (χ2v) is 6.57. The molecule has 0 spiro atoms. The third-order valence-electron chi connectivity index (χ3n) is 4.36. The van der Waals surface area contributed by atoms with Gasteiger partial charge in [-0.2, -0.15) is 11.8 Å². The lowest BCUT2D eigenvalue weighted by Gasteiger charge is -2.49. The third kappa shape index (κ3) is 2.04. The highest BCUT2D eigenvalue weighted by Crippen LogP contribution is 2.38. The molecule has 0 aromatic heterocycles. The summed E-state index contributed by atoms with van der Waals surface area (Å²) in [6.07, 6.45) is 5.05. The first kappa shape index (κ1) is 12.4. The molecule has 2 aliphatic heterocycles. The highest BCUT2D eigenvalue weighted by atomic mass is 32.2. The van der Waals surface area contributed by atoms with Crippen LogP contribution in [0.2, 0.25) is 0 Å². The lowest BCUT2D eigenvalue weighted by atomic mass is 9.89. The molecule has 0 amide bonds. The summed E-state index contributed by atoms with van der Waals surface area (Å²) in [5.74, 6) is 2.50. The van der Waals surface area contributed by atoms with E-state index in [1.807, 2.05) is 0 Å². The Labute approximate surface area is 114 Å². The predicted octanol–water partition coefficient (Wildman–Crippen LogP) is 2.66. The van der Waals surface area contributed by atoms with E-state index in [1.165, 1.54) is 55.0 Å². The zero-order valence-electron chi connectivity index (χ0n) is 10.9. The molecule has 18 heavy (non-hydrogen) atoms. The van der Waals surface area contributed by atoms with Crippen LogP contribution in [0.25, 0.3) is 0 Å². The number of nitrogens with zero attached hydrogens (tertiary/aromatic N) is 1. The molecule has 3 heteroatoms. The maximum Gasteiger partial charge on any atom is 0.0614 e. The Bertz CT molecular complexity index is 413. The van der Waals surface area contributed by atoms with Crippen LogP contribution in [-0.2, 0) is 6.42 Å². The van der Waals surface area contributed by atoms with Gasteiger partial charge in [-0.25, -0.2) is 0 Å². The SMILES string of the molecule is NCC1(N2CCCc3ccccc32)CCCSC1. The van der Waals surface area contributed by atoms with Crippen molar-refractivity contribution in [2.24, 2.45) is 5.73 Å².